The summed E-state index contributed by atoms with van der Waals surface area (Å²) in [6, 6.07) is 2.93. The van der Waals surface area contributed by atoms with Crippen molar-refractivity contribution in [2.45, 2.75) is 12.2 Å². The van der Waals surface area contributed by atoms with Crippen molar-refractivity contribution in [2.75, 3.05) is 12.8 Å². The van der Waals surface area contributed by atoms with E-state index in [9.17, 15) is 15.0 Å². The molecule has 15 heavy (non-hydrogen) atoms. The van der Waals surface area contributed by atoms with Crippen molar-refractivity contribution >= 4 is 11.8 Å². The highest BCUT2D eigenvalue weighted by atomic mass is 16.5. The fraction of sp³-hybridized carbons (Fsp3) is 0.333. The fourth-order valence-electron chi connectivity index (χ4n) is 1.02. The van der Waals surface area contributed by atoms with Crippen LogP contribution in [0.5, 0.6) is 0 Å². The van der Waals surface area contributed by atoms with Crippen LogP contribution in [-0.2, 0) is 9.53 Å². The number of carbonyl (C=O) groups excluding carboxylic acids is 1. The van der Waals surface area contributed by atoms with Gasteiger partial charge in [0, 0.05) is 11.8 Å². The second-order valence-electron chi connectivity index (χ2n) is 2.93. The van der Waals surface area contributed by atoms with Gasteiger partial charge in [0.05, 0.1) is 7.11 Å². The van der Waals surface area contributed by atoms with Crippen molar-refractivity contribution in [1.82, 2.24) is 4.98 Å². The van der Waals surface area contributed by atoms with E-state index in [2.05, 4.69) is 9.72 Å². The maximum absolute atomic E-state index is 10.9. The van der Waals surface area contributed by atoms with Crippen molar-refractivity contribution in [3.8, 4) is 0 Å². The largest absolute Gasteiger partial charge is 0.467 e. The van der Waals surface area contributed by atoms with Gasteiger partial charge in [-0.15, -0.1) is 0 Å². The molecule has 0 aliphatic rings. The molecule has 1 aromatic heterocycles. The fourth-order valence-corrected chi connectivity index (χ4v) is 1.02. The Morgan fingerprint density at radius 1 is 1.53 bits per heavy atom. The Morgan fingerprint density at radius 3 is 2.67 bits per heavy atom. The molecule has 4 N–H and O–H groups in total. The van der Waals surface area contributed by atoms with Crippen LogP contribution in [0.15, 0.2) is 18.3 Å². The number of nitrogen functional groups attached to an aromatic ring is 1. The van der Waals surface area contributed by atoms with Gasteiger partial charge in [-0.05, 0) is 6.07 Å². The van der Waals surface area contributed by atoms with Crippen LogP contribution in [0, 0.1) is 0 Å². The number of methoxy groups -OCH3 is 1. The first-order valence-electron chi connectivity index (χ1n) is 4.21. The summed E-state index contributed by atoms with van der Waals surface area (Å²) in [6.45, 7) is 0. The number of aliphatic hydroxyl groups excluding tert-OH is 2. The van der Waals surface area contributed by atoms with Crippen molar-refractivity contribution < 1.29 is 19.7 Å². The normalized spacial score (nSPS) is 14.3. The van der Waals surface area contributed by atoms with Crippen molar-refractivity contribution in [1.29, 1.82) is 0 Å². The van der Waals surface area contributed by atoms with Gasteiger partial charge in [0.25, 0.3) is 0 Å². The van der Waals surface area contributed by atoms with Crippen molar-refractivity contribution in [3.63, 3.8) is 0 Å². The van der Waals surface area contributed by atoms with Crippen molar-refractivity contribution in [2.24, 2.45) is 0 Å². The van der Waals surface area contributed by atoms with Crippen LogP contribution in [0.3, 0.4) is 0 Å². The van der Waals surface area contributed by atoms with Crippen LogP contribution >= 0.6 is 0 Å². The number of pyridine rings is 1. The highest BCUT2D eigenvalue weighted by molar-refractivity contribution is 5.75. The zero-order valence-electron chi connectivity index (χ0n) is 8.12. The molecule has 0 aromatic carbocycles. The topological polar surface area (TPSA) is 106 Å². The first kappa shape index (κ1) is 11.4. The lowest BCUT2D eigenvalue weighted by Crippen LogP contribution is -2.29. The molecule has 1 aromatic rings. The molecule has 0 aliphatic heterocycles. The van der Waals surface area contributed by atoms with E-state index >= 15 is 0 Å². The van der Waals surface area contributed by atoms with Gasteiger partial charge >= 0.3 is 5.97 Å². The Kier molecular flexibility index (Phi) is 3.59. The maximum Gasteiger partial charge on any atom is 0.337 e. The Labute approximate surface area is 86.3 Å². The van der Waals surface area contributed by atoms with Crippen LogP contribution in [0.2, 0.25) is 0 Å². The Morgan fingerprint density at radius 2 is 2.20 bits per heavy atom. The van der Waals surface area contributed by atoms with E-state index < -0.39 is 18.2 Å². The van der Waals surface area contributed by atoms with Gasteiger partial charge in [-0.25, -0.2) is 9.78 Å². The summed E-state index contributed by atoms with van der Waals surface area (Å²) in [5.41, 5.74) is 5.64. The van der Waals surface area contributed by atoms with E-state index in [1.54, 1.807) is 0 Å². The first-order valence-corrected chi connectivity index (χ1v) is 4.21. The summed E-state index contributed by atoms with van der Waals surface area (Å²) in [5.74, 6) is -0.613. The first-order chi connectivity index (χ1) is 7.06. The number of esters is 1. The second kappa shape index (κ2) is 4.72. The molecule has 0 saturated carbocycles. The average Bonchev–Trinajstić information content (AvgIpc) is 2.27. The highest BCUT2D eigenvalue weighted by Crippen LogP contribution is 2.17. The molecular formula is C9H12N2O4. The molecule has 6 nitrogen and oxygen atoms in total. The average molecular weight is 212 g/mol. The van der Waals surface area contributed by atoms with Crippen molar-refractivity contribution in [3.05, 3.63) is 23.9 Å². The van der Waals surface area contributed by atoms with Gasteiger partial charge in [-0.1, -0.05) is 6.07 Å². The molecule has 0 bridgehead atoms. The van der Waals surface area contributed by atoms with Crippen LogP contribution < -0.4 is 5.73 Å². The molecule has 6 heteroatoms. The molecule has 1 heterocycles. The zero-order valence-corrected chi connectivity index (χ0v) is 8.12. The summed E-state index contributed by atoms with van der Waals surface area (Å²) < 4.78 is 4.28. The third-order valence-electron chi connectivity index (χ3n) is 1.89. The summed E-state index contributed by atoms with van der Waals surface area (Å²) in [4.78, 5) is 14.6. The molecule has 0 spiro atoms. The standard InChI is InChI=1S/C9H12N2O4/c1-15-9(14)8(13)7(12)5-2-3-6(10)11-4-5/h2-4,7-8,12-13H,1H3,(H2,10,11). The number of nitrogens with two attached hydrogens (primary N) is 1. The number of aliphatic hydroxyl groups is 2. The predicted molar refractivity (Wildman–Crippen MR) is 51.6 cm³/mol. The van der Waals surface area contributed by atoms with Gasteiger partial charge in [0.1, 0.15) is 11.9 Å². The number of rotatable bonds is 3. The van der Waals surface area contributed by atoms with Gasteiger partial charge in [-0.2, -0.15) is 0 Å². The minimum absolute atomic E-state index is 0.290. The number of carbonyl (C=O) groups is 1. The quantitative estimate of drug-likeness (QED) is 0.568. The van der Waals surface area contributed by atoms with Gasteiger partial charge in [0.15, 0.2) is 6.10 Å². The van der Waals surface area contributed by atoms with Crippen LogP contribution in [0.1, 0.15) is 11.7 Å². The smallest absolute Gasteiger partial charge is 0.337 e. The van der Waals surface area contributed by atoms with E-state index in [1.165, 1.54) is 18.3 Å². The second-order valence-corrected chi connectivity index (χ2v) is 2.93. The highest BCUT2D eigenvalue weighted by Gasteiger charge is 2.26. The van der Waals surface area contributed by atoms with E-state index in [4.69, 9.17) is 5.73 Å². The molecule has 0 aliphatic carbocycles. The van der Waals surface area contributed by atoms with E-state index in [-0.39, 0.29) is 0 Å². The molecule has 82 valence electrons. The Bertz CT molecular complexity index is 338. The summed E-state index contributed by atoms with van der Waals surface area (Å²) in [5, 5.41) is 18.9. The van der Waals surface area contributed by atoms with Gasteiger partial charge in [-0.3, -0.25) is 0 Å². The number of ether oxygens (including phenoxy) is 1. The predicted octanol–water partition coefficient (Wildman–Crippen LogP) is -0.769. The summed E-state index contributed by atoms with van der Waals surface area (Å²) in [6.07, 6.45) is -1.71. The number of hydrogen-bond acceptors (Lipinski definition) is 6. The molecule has 0 amide bonds. The van der Waals surface area contributed by atoms with E-state index in [0.29, 0.717) is 11.4 Å². The third kappa shape index (κ3) is 2.64. The SMILES string of the molecule is COC(=O)C(O)C(O)c1ccc(N)nc1. The molecule has 0 saturated heterocycles. The number of hydrogen-bond donors (Lipinski definition) is 3. The molecule has 0 fully saturated rings. The van der Waals surface area contributed by atoms with Crippen LogP contribution in [0.4, 0.5) is 5.82 Å². The molecule has 2 atom stereocenters. The summed E-state index contributed by atoms with van der Waals surface area (Å²) in [7, 11) is 1.12. The number of aromatic nitrogens is 1. The minimum Gasteiger partial charge on any atom is -0.467 e. The lowest BCUT2D eigenvalue weighted by molar-refractivity contribution is -0.156. The maximum atomic E-state index is 10.9. The number of anilines is 1. The molecular weight excluding hydrogens is 200 g/mol. The minimum atomic E-state index is -1.62. The number of nitrogens with zero attached hydrogens (tertiary/aromatic N) is 1. The summed E-state index contributed by atoms with van der Waals surface area (Å²) >= 11 is 0. The van der Waals surface area contributed by atoms with Crippen LogP contribution in [0.25, 0.3) is 0 Å². The third-order valence-corrected chi connectivity index (χ3v) is 1.89. The van der Waals surface area contributed by atoms with Crippen LogP contribution in [-0.4, -0.2) is 34.4 Å². The molecule has 1 rings (SSSR count). The monoisotopic (exact) mass is 212 g/mol. The van der Waals surface area contributed by atoms with Gasteiger partial charge in [0.2, 0.25) is 0 Å². The lowest BCUT2D eigenvalue weighted by Gasteiger charge is -2.15. The lowest BCUT2D eigenvalue weighted by atomic mass is 10.1. The molecule has 0 radical (unpaired) electrons. The Balaban J connectivity index is 2.80. The Hall–Kier alpha value is -1.66. The van der Waals surface area contributed by atoms with Gasteiger partial charge < -0.3 is 20.7 Å². The zero-order chi connectivity index (χ0) is 11.4. The van der Waals surface area contributed by atoms with E-state index in [1.807, 2.05) is 0 Å². The van der Waals surface area contributed by atoms with E-state index in [0.717, 1.165) is 7.11 Å². The molecule has 2 unspecified atom stereocenters.